The number of likely N-dealkylation sites (tertiary alicyclic amines) is 1. The van der Waals surface area contributed by atoms with Crippen molar-refractivity contribution in [3.05, 3.63) is 6.33 Å². The molecule has 3 atom stereocenters. The Balaban J connectivity index is 1.34. The number of ether oxygens (including phenoxy) is 1. The van der Waals surface area contributed by atoms with Crippen LogP contribution in [0, 0.1) is 0 Å². The number of nitrogens with one attached hydrogen (secondary N) is 1. The predicted octanol–water partition coefficient (Wildman–Crippen LogP) is -0.302. The van der Waals surface area contributed by atoms with Crippen molar-refractivity contribution >= 4 is 34.7 Å². The summed E-state index contributed by atoms with van der Waals surface area (Å²) >= 11 is 0. The van der Waals surface area contributed by atoms with Crippen molar-refractivity contribution in [3.63, 3.8) is 0 Å². The van der Waals surface area contributed by atoms with Crippen LogP contribution in [0.3, 0.4) is 0 Å². The van der Waals surface area contributed by atoms with Gasteiger partial charge in [0.25, 0.3) is 0 Å². The second-order valence-corrected chi connectivity index (χ2v) is 10.2. The molecule has 198 valence electrons. The first-order valence-corrected chi connectivity index (χ1v) is 12.4. The maximum absolute atomic E-state index is 12.9. The number of fused-ring (bicyclic) bond motifs is 1. The second-order valence-electron chi connectivity index (χ2n) is 10.2. The number of carbonyl (C=O) groups excluding carboxylic acids is 2. The number of aromatic nitrogens is 4. The molecule has 1 spiro atoms. The number of hydrogen-bond acceptors (Lipinski definition) is 10. The Morgan fingerprint density at radius 2 is 2.00 bits per heavy atom. The van der Waals surface area contributed by atoms with Gasteiger partial charge in [0.05, 0.1) is 36.2 Å². The van der Waals surface area contributed by atoms with Crippen molar-refractivity contribution in [2.24, 2.45) is 5.73 Å². The highest BCUT2D eigenvalue weighted by Crippen LogP contribution is 2.44. The molecule has 0 saturated carbocycles. The molecule has 13 heteroatoms. The number of hydrogen-bond donors (Lipinski definition) is 5. The zero-order chi connectivity index (χ0) is 26.1. The molecule has 4 heterocycles. The van der Waals surface area contributed by atoms with Crippen LogP contribution in [0.2, 0.25) is 0 Å². The lowest BCUT2D eigenvalue weighted by molar-refractivity contribution is -0.197. The number of unbranched alkanes of at least 4 members (excludes halogenated alkanes) is 1. The average molecular weight is 504 g/mol. The topological polar surface area (TPSA) is 201 Å². The molecule has 13 nitrogen and oxygen atoms in total. The Kier molecular flexibility index (Phi) is 7.34. The zero-order valence-electron chi connectivity index (χ0n) is 20.9. The highest BCUT2D eigenvalue weighted by Gasteiger charge is 2.50. The van der Waals surface area contributed by atoms with Crippen LogP contribution < -0.4 is 22.5 Å². The molecule has 0 bridgehead atoms. The number of rotatable bonds is 7. The van der Waals surface area contributed by atoms with Gasteiger partial charge in [-0.3, -0.25) is 9.59 Å². The van der Waals surface area contributed by atoms with E-state index in [2.05, 4.69) is 20.3 Å². The van der Waals surface area contributed by atoms with E-state index in [4.69, 9.17) is 21.9 Å². The number of nitrogens with zero attached hydrogens (tertiary/aromatic N) is 5. The minimum absolute atomic E-state index is 0.0394. The van der Waals surface area contributed by atoms with Crippen LogP contribution >= 0.6 is 0 Å². The lowest BCUT2D eigenvalue weighted by atomic mass is 9.75. The number of nitrogens with two attached hydrogens (primary N) is 3. The molecule has 2 aliphatic heterocycles. The maximum atomic E-state index is 12.9. The summed E-state index contributed by atoms with van der Waals surface area (Å²) in [6.45, 7) is 5.15. The summed E-state index contributed by atoms with van der Waals surface area (Å²) in [6, 6.07) is -1.00. The van der Waals surface area contributed by atoms with Gasteiger partial charge in [0.15, 0.2) is 11.5 Å². The van der Waals surface area contributed by atoms with E-state index in [9.17, 15) is 14.7 Å². The molecule has 2 aliphatic rings. The lowest BCUT2D eigenvalue weighted by Gasteiger charge is -2.51. The molecule has 0 aromatic carbocycles. The fourth-order valence-electron chi connectivity index (χ4n) is 5.39. The summed E-state index contributed by atoms with van der Waals surface area (Å²) < 4.78 is 8.12. The van der Waals surface area contributed by atoms with E-state index >= 15 is 0 Å². The van der Waals surface area contributed by atoms with Gasteiger partial charge in [-0.25, -0.2) is 4.98 Å². The van der Waals surface area contributed by atoms with Crippen LogP contribution in [0.5, 0.6) is 0 Å². The molecule has 2 fully saturated rings. The summed E-state index contributed by atoms with van der Waals surface area (Å²) in [4.78, 5) is 38.1. The third kappa shape index (κ3) is 5.37. The minimum atomic E-state index is -1.11. The van der Waals surface area contributed by atoms with Gasteiger partial charge >= 0.3 is 0 Å². The number of carbonyl (C=O) groups is 2. The minimum Gasteiger partial charge on any atom is -0.388 e. The van der Waals surface area contributed by atoms with E-state index in [1.165, 1.54) is 6.92 Å². The molecule has 0 aliphatic carbocycles. The summed E-state index contributed by atoms with van der Waals surface area (Å²) in [7, 11) is 0. The molecule has 2 aromatic rings. The normalized spacial score (nSPS) is 24.7. The Bertz CT molecular complexity index is 1110. The van der Waals surface area contributed by atoms with Crippen molar-refractivity contribution in [3.8, 4) is 0 Å². The number of nitrogen functional groups attached to an aromatic ring is 2. The van der Waals surface area contributed by atoms with Crippen LogP contribution in [0.15, 0.2) is 6.33 Å². The monoisotopic (exact) mass is 503 g/mol. The standard InChI is InChI=1S/C23H37N9O4/c1-14(33)27-8-4-3-5-15(24)20(34)31-9-6-23(7-10-31)12-22(2,35)16(11-36-23)32-13-28-17-18(25)29-21(26)30-19(17)32/h13,15-16,35H,3-12,24H2,1-2H3,(H,27,33)(H4,25,26,29,30)/t15-,16+,22+/m0/s1. The fraction of sp³-hybridized carbons (Fsp3) is 0.696. The Hall–Kier alpha value is -3.03. The van der Waals surface area contributed by atoms with E-state index in [1.54, 1.807) is 22.7 Å². The molecule has 8 N–H and O–H groups in total. The van der Waals surface area contributed by atoms with Crippen LogP contribution in [0.1, 0.15) is 58.4 Å². The first-order chi connectivity index (χ1) is 17.0. The number of imidazole rings is 1. The van der Waals surface area contributed by atoms with Gasteiger partial charge in [0.1, 0.15) is 5.52 Å². The Labute approximate surface area is 209 Å². The van der Waals surface area contributed by atoms with Crippen LogP contribution in [-0.4, -0.2) is 84.8 Å². The molecule has 0 radical (unpaired) electrons. The van der Waals surface area contributed by atoms with Crippen molar-refractivity contribution in [2.45, 2.75) is 75.7 Å². The van der Waals surface area contributed by atoms with Crippen LogP contribution in [-0.2, 0) is 14.3 Å². The van der Waals surface area contributed by atoms with E-state index in [-0.39, 0.29) is 30.2 Å². The average Bonchev–Trinajstić information content (AvgIpc) is 3.21. The first kappa shape index (κ1) is 26.0. The summed E-state index contributed by atoms with van der Waals surface area (Å²) in [5.74, 6) is 0.101. The first-order valence-electron chi connectivity index (χ1n) is 12.4. The van der Waals surface area contributed by atoms with Gasteiger partial charge in [-0.2, -0.15) is 9.97 Å². The lowest BCUT2D eigenvalue weighted by Crippen LogP contribution is -2.59. The van der Waals surface area contributed by atoms with Gasteiger partial charge in [-0.15, -0.1) is 0 Å². The Morgan fingerprint density at radius 1 is 1.28 bits per heavy atom. The zero-order valence-corrected chi connectivity index (χ0v) is 20.9. The van der Waals surface area contributed by atoms with E-state index in [1.807, 2.05) is 0 Å². The number of piperidine rings is 1. The van der Waals surface area contributed by atoms with Crippen molar-refractivity contribution in [1.82, 2.24) is 29.7 Å². The largest absolute Gasteiger partial charge is 0.388 e. The van der Waals surface area contributed by atoms with Crippen molar-refractivity contribution < 1.29 is 19.4 Å². The molecule has 2 amide bonds. The Morgan fingerprint density at radius 3 is 2.67 bits per heavy atom. The van der Waals surface area contributed by atoms with Crippen molar-refractivity contribution in [1.29, 1.82) is 0 Å². The maximum Gasteiger partial charge on any atom is 0.239 e. The van der Waals surface area contributed by atoms with Gasteiger partial charge in [0, 0.05) is 33.0 Å². The fourth-order valence-corrected chi connectivity index (χ4v) is 5.39. The van der Waals surface area contributed by atoms with Gasteiger partial charge < -0.3 is 41.8 Å². The third-order valence-electron chi connectivity index (χ3n) is 7.37. The number of aliphatic hydroxyl groups is 1. The van der Waals surface area contributed by atoms with Crippen LogP contribution in [0.25, 0.3) is 11.2 Å². The molecular formula is C23H37N9O4. The van der Waals surface area contributed by atoms with E-state index in [0.717, 1.165) is 12.8 Å². The van der Waals surface area contributed by atoms with Gasteiger partial charge in [-0.05, 0) is 39.0 Å². The summed E-state index contributed by atoms with van der Waals surface area (Å²) in [6.07, 6.45) is 5.33. The molecule has 36 heavy (non-hydrogen) atoms. The smallest absolute Gasteiger partial charge is 0.239 e. The quantitative estimate of drug-likeness (QED) is 0.312. The SMILES string of the molecule is CC(=O)NCCCC[C@H](N)C(=O)N1CCC2(CC1)C[C@@](C)(O)[C@H](n1cnc3c(N)nc(N)nc31)CO2. The summed E-state index contributed by atoms with van der Waals surface area (Å²) in [5.41, 5.74) is 17.1. The third-order valence-corrected chi connectivity index (χ3v) is 7.37. The number of amides is 2. The predicted molar refractivity (Wildman–Crippen MR) is 133 cm³/mol. The highest BCUT2D eigenvalue weighted by atomic mass is 16.5. The highest BCUT2D eigenvalue weighted by molar-refractivity contribution is 5.83. The van der Waals surface area contributed by atoms with Crippen LogP contribution in [0.4, 0.5) is 11.8 Å². The molecule has 4 rings (SSSR count). The molecule has 0 unspecified atom stereocenters. The van der Waals surface area contributed by atoms with E-state index < -0.39 is 23.3 Å². The molecule has 2 aromatic heterocycles. The molecule has 2 saturated heterocycles. The van der Waals surface area contributed by atoms with E-state index in [0.29, 0.717) is 56.5 Å². The van der Waals surface area contributed by atoms with Gasteiger partial charge in [-0.1, -0.05) is 0 Å². The van der Waals surface area contributed by atoms with Crippen molar-refractivity contribution in [2.75, 3.05) is 37.7 Å². The number of anilines is 2. The second kappa shape index (κ2) is 10.1. The summed E-state index contributed by atoms with van der Waals surface area (Å²) in [5, 5.41) is 14.2. The van der Waals surface area contributed by atoms with Gasteiger partial charge in [0.2, 0.25) is 17.8 Å². The molecular weight excluding hydrogens is 466 g/mol.